The summed E-state index contributed by atoms with van der Waals surface area (Å²) in [7, 11) is 3.84. The number of anilines is 2. The van der Waals surface area contributed by atoms with Crippen LogP contribution < -0.4 is 10.2 Å². The number of ether oxygens (including phenoxy) is 1. The number of carbonyl (C=O) groups is 2. The smallest absolute Gasteiger partial charge is 0.338 e. The van der Waals surface area contributed by atoms with Gasteiger partial charge in [0.25, 0.3) is 5.91 Å². The van der Waals surface area contributed by atoms with Crippen LogP contribution in [0.15, 0.2) is 48.5 Å². The van der Waals surface area contributed by atoms with Crippen LogP contribution in [-0.4, -0.2) is 32.1 Å². The molecule has 0 aliphatic heterocycles. The predicted molar refractivity (Wildman–Crippen MR) is 95.5 cm³/mol. The number of benzene rings is 2. The number of nitrogens with one attached hydrogen (secondary N) is 1. The van der Waals surface area contributed by atoms with E-state index in [2.05, 4.69) is 5.32 Å². The Labute approximate surface area is 142 Å². The highest BCUT2D eigenvalue weighted by molar-refractivity contribution is 5.97. The molecule has 5 nitrogen and oxygen atoms in total. The van der Waals surface area contributed by atoms with Crippen LogP contribution in [0.5, 0.6) is 0 Å². The predicted octanol–water partition coefficient (Wildman–Crippen LogP) is 3.25. The van der Waals surface area contributed by atoms with Crippen molar-refractivity contribution in [1.82, 2.24) is 0 Å². The first-order chi connectivity index (χ1) is 11.4. The van der Waals surface area contributed by atoms with E-state index in [0.29, 0.717) is 11.3 Å². The van der Waals surface area contributed by atoms with E-state index in [1.54, 1.807) is 25.1 Å². The van der Waals surface area contributed by atoms with Crippen molar-refractivity contribution in [2.45, 2.75) is 20.0 Å². The average molecular weight is 326 g/mol. The van der Waals surface area contributed by atoms with E-state index in [0.717, 1.165) is 11.3 Å². The van der Waals surface area contributed by atoms with Crippen molar-refractivity contribution < 1.29 is 14.3 Å². The summed E-state index contributed by atoms with van der Waals surface area (Å²) in [4.78, 5) is 26.2. The van der Waals surface area contributed by atoms with Crippen molar-refractivity contribution in [2.75, 3.05) is 24.3 Å². The standard InChI is InChI=1S/C19H22N2O3/c1-13-6-5-7-16(12-13)20-18(22)14(2)24-19(23)15-8-10-17(11-9-15)21(3)4/h5-12,14H,1-4H3,(H,20,22)/t14-/m0/s1. The van der Waals surface area contributed by atoms with Crippen molar-refractivity contribution in [1.29, 1.82) is 0 Å². The van der Waals surface area contributed by atoms with Gasteiger partial charge in [0.1, 0.15) is 0 Å². The molecule has 5 heteroatoms. The molecule has 0 aromatic heterocycles. The Morgan fingerprint density at radius 2 is 1.75 bits per heavy atom. The zero-order valence-corrected chi connectivity index (χ0v) is 14.4. The summed E-state index contributed by atoms with van der Waals surface area (Å²) < 4.78 is 5.24. The van der Waals surface area contributed by atoms with Crippen LogP contribution in [0.2, 0.25) is 0 Å². The van der Waals surface area contributed by atoms with Gasteiger partial charge in [-0.3, -0.25) is 4.79 Å². The fraction of sp³-hybridized carbons (Fsp3) is 0.263. The monoisotopic (exact) mass is 326 g/mol. The molecule has 0 aliphatic rings. The highest BCUT2D eigenvalue weighted by atomic mass is 16.5. The molecule has 0 saturated heterocycles. The van der Waals surface area contributed by atoms with E-state index in [1.807, 2.05) is 56.3 Å². The second-order valence-corrected chi connectivity index (χ2v) is 5.85. The van der Waals surface area contributed by atoms with Crippen LogP contribution in [0.1, 0.15) is 22.8 Å². The quantitative estimate of drug-likeness (QED) is 0.857. The molecule has 0 radical (unpaired) electrons. The first kappa shape index (κ1) is 17.5. The summed E-state index contributed by atoms with van der Waals surface area (Å²) in [6.07, 6.45) is -0.883. The Morgan fingerprint density at radius 3 is 2.33 bits per heavy atom. The van der Waals surface area contributed by atoms with E-state index in [9.17, 15) is 9.59 Å². The van der Waals surface area contributed by atoms with Gasteiger partial charge in [-0.25, -0.2) is 4.79 Å². The molecule has 1 atom stereocenters. The number of esters is 1. The summed E-state index contributed by atoms with van der Waals surface area (Å²) in [5.74, 6) is -0.883. The van der Waals surface area contributed by atoms with Crippen molar-refractivity contribution >= 4 is 23.3 Å². The van der Waals surface area contributed by atoms with Crippen molar-refractivity contribution in [2.24, 2.45) is 0 Å². The maximum atomic E-state index is 12.1. The van der Waals surface area contributed by atoms with Crippen LogP contribution in [-0.2, 0) is 9.53 Å². The van der Waals surface area contributed by atoms with Gasteiger partial charge in [-0.1, -0.05) is 12.1 Å². The van der Waals surface area contributed by atoms with Crippen LogP contribution in [0.3, 0.4) is 0 Å². The second-order valence-electron chi connectivity index (χ2n) is 5.85. The molecular weight excluding hydrogens is 304 g/mol. The Hall–Kier alpha value is -2.82. The second kappa shape index (κ2) is 7.64. The first-order valence-electron chi connectivity index (χ1n) is 7.72. The first-order valence-corrected chi connectivity index (χ1v) is 7.72. The third-order valence-corrected chi connectivity index (χ3v) is 3.56. The van der Waals surface area contributed by atoms with Crippen LogP contribution in [0.25, 0.3) is 0 Å². The number of hydrogen-bond donors (Lipinski definition) is 1. The third kappa shape index (κ3) is 4.59. The molecule has 1 amide bonds. The number of aryl methyl sites for hydroxylation is 1. The number of carbonyl (C=O) groups excluding carboxylic acids is 2. The molecule has 0 unspecified atom stereocenters. The highest BCUT2D eigenvalue weighted by Gasteiger charge is 2.19. The zero-order valence-electron chi connectivity index (χ0n) is 14.4. The molecule has 0 saturated carbocycles. The van der Waals surface area contributed by atoms with Crippen LogP contribution in [0.4, 0.5) is 11.4 Å². The zero-order chi connectivity index (χ0) is 17.7. The SMILES string of the molecule is Cc1cccc(NC(=O)[C@H](C)OC(=O)c2ccc(N(C)C)cc2)c1. The minimum atomic E-state index is -0.883. The molecule has 1 N–H and O–H groups in total. The molecule has 0 aliphatic carbocycles. The molecule has 2 aromatic rings. The van der Waals surface area contributed by atoms with Gasteiger partial charge >= 0.3 is 5.97 Å². The number of amides is 1. The molecule has 0 fully saturated rings. The Morgan fingerprint density at radius 1 is 1.08 bits per heavy atom. The maximum Gasteiger partial charge on any atom is 0.338 e. The van der Waals surface area contributed by atoms with Crippen molar-refractivity contribution in [3.8, 4) is 0 Å². The fourth-order valence-corrected chi connectivity index (χ4v) is 2.14. The van der Waals surface area contributed by atoms with Gasteiger partial charge in [-0.15, -0.1) is 0 Å². The lowest BCUT2D eigenvalue weighted by Gasteiger charge is -2.15. The lowest BCUT2D eigenvalue weighted by molar-refractivity contribution is -0.123. The topological polar surface area (TPSA) is 58.6 Å². The van der Waals surface area contributed by atoms with Gasteiger partial charge in [0.05, 0.1) is 5.56 Å². The van der Waals surface area contributed by atoms with Gasteiger partial charge in [0, 0.05) is 25.5 Å². The Balaban J connectivity index is 1.96. The van der Waals surface area contributed by atoms with Gasteiger partial charge in [-0.05, 0) is 55.8 Å². The van der Waals surface area contributed by atoms with E-state index < -0.39 is 12.1 Å². The molecule has 24 heavy (non-hydrogen) atoms. The maximum absolute atomic E-state index is 12.1. The van der Waals surface area contributed by atoms with Gasteiger partial charge < -0.3 is 15.0 Å². The molecule has 0 heterocycles. The fourth-order valence-electron chi connectivity index (χ4n) is 2.14. The molecule has 0 bridgehead atoms. The largest absolute Gasteiger partial charge is 0.449 e. The number of hydrogen-bond acceptors (Lipinski definition) is 4. The van der Waals surface area contributed by atoms with E-state index in [-0.39, 0.29) is 5.91 Å². The van der Waals surface area contributed by atoms with Crippen molar-refractivity contribution in [3.63, 3.8) is 0 Å². The van der Waals surface area contributed by atoms with E-state index >= 15 is 0 Å². The number of rotatable bonds is 5. The summed E-state index contributed by atoms with van der Waals surface area (Å²) >= 11 is 0. The molecular formula is C19H22N2O3. The third-order valence-electron chi connectivity index (χ3n) is 3.56. The van der Waals surface area contributed by atoms with Gasteiger partial charge in [0.2, 0.25) is 0 Å². The normalized spacial score (nSPS) is 11.5. The highest BCUT2D eigenvalue weighted by Crippen LogP contribution is 2.14. The van der Waals surface area contributed by atoms with Crippen molar-refractivity contribution in [3.05, 3.63) is 59.7 Å². The van der Waals surface area contributed by atoms with Crippen LogP contribution >= 0.6 is 0 Å². The molecule has 126 valence electrons. The van der Waals surface area contributed by atoms with Gasteiger partial charge in [0.15, 0.2) is 6.10 Å². The molecule has 0 spiro atoms. The summed E-state index contributed by atoms with van der Waals surface area (Å²) in [6, 6.07) is 14.5. The molecule has 2 aromatic carbocycles. The summed E-state index contributed by atoms with van der Waals surface area (Å²) in [5, 5.41) is 2.74. The summed E-state index contributed by atoms with van der Waals surface area (Å²) in [6.45, 7) is 3.49. The average Bonchev–Trinajstić information content (AvgIpc) is 2.54. The Bertz CT molecular complexity index is 724. The van der Waals surface area contributed by atoms with E-state index in [1.165, 1.54) is 0 Å². The minimum Gasteiger partial charge on any atom is -0.449 e. The molecule has 2 rings (SSSR count). The summed E-state index contributed by atoms with van der Waals surface area (Å²) in [5.41, 5.74) is 3.12. The van der Waals surface area contributed by atoms with Gasteiger partial charge in [-0.2, -0.15) is 0 Å². The van der Waals surface area contributed by atoms with Crippen LogP contribution in [0, 0.1) is 6.92 Å². The Kier molecular flexibility index (Phi) is 5.58. The lowest BCUT2D eigenvalue weighted by Crippen LogP contribution is -2.30. The lowest BCUT2D eigenvalue weighted by atomic mass is 10.2. The minimum absolute atomic E-state index is 0.362. The van der Waals surface area contributed by atoms with E-state index in [4.69, 9.17) is 4.74 Å². The number of nitrogens with zero attached hydrogens (tertiary/aromatic N) is 1.